The van der Waals surface area contributed by atoms with Crippen molar-refractivity contribution in [1.29, 1.82) is 5.26 Å². The minimum atomic E-state index is -2.95. The molecule has 3 heterocycles. The third-order valence-corrected chi connectivity index (χ3v) is 8.22. The highest BCUT2D eigenvalue weighted by molar-refractivity contribution is 6.31. The van der Waals surface area contributed by atoms with E-state index in [9.17, 15) is 28.4 Å². The predicted molar refractivity (Wildman–Crippen MR) is 152 cm³/mol. The fourth-order valence-corrected chi connectivity index (χ4v) is 5.77. The zero-order valence-corrected chi connectivity index (χ0v) is 24.4. The van der Waals surface area contributed by atoms with Crippen LogP contribution >= 0.6 is 11.6 Å². The molecule has 0 bridgehead atoms. The molecule has 1 aromatic heterocycles. The minimum Gasteiger partial charge on any atom is -0.435 e. The Kier molecular flexibility index (Phi) is 8.37. The third-order valence-electron chi connectivity index (χ3n) is 7.89. The number of ether oxygens (including phenoxy) is 1. The van der Waals surface area contributed by atoms with Gasteiger partial charge in [-0.3, -0.25) is 19.1 Å². The number of amides is 3. The van der Waals surface area contributed by atoms with E-state index >= 15 is 0 Å². The summed E-state index contributed by atoms with van der Waals surface area (Å²) in [6.45, 7) is 2.77. The lowest BCUT2D eigenvalue weighted by atomic mass is 9.96. The van der Waals surface area contributed by atoms with E-state index in [0.717, 1.165) is 0 Å². The monoisotopic (exact) mass is 610 g/mol. The SMILES string of the molecule is CC(=O)NCC1CN(C(C)c2ccc(OC(F)F)cc2)C(=O)c2c3c(nn21)C[C@@H](C)N(C(=O)c1ccc(Cl)c(C#N)c1)C3. The van der Waals surface area contributed by atoms with Crippen molar-refractivity contribution in [3.63, 3.8) is 0 Å². The number of alkyl halides is 2. The van der Waals surface area contributed by atoms with Crippen molar-refractivity contribution in [3.8, 4) is 11.8 Å². The Labute approximate surface area is 251 Å². The number of halogens is 3. The number of benzene rings is 2. The molecule has 0 saturated carbocycles. The molecule has 2 unspecified atom stereocenters. The van der Waals surface area contributed by atoms with E-state index in [0.29, 0.717) is 34.5 Å². The second kappa shape index (κ2) is 12.0. The molecule has 0 fully saturated rings. The average molecular weight is 611 g/mol. The molecule has 10 nitrogen and oxygen atoms in total. The highest BCUT2D eigenvalue weighted by atomic mass is 35.5. The van der Waals surface area contributed by atoms with Crippen molar-refractivity contribution in [3.05, 3.63) is 81.1 Å². The lowest BCUT2D eigenvalue weighted by molar-refractivity contribution is -0.119. The molecule has 5 rings (SSSR count). The van der Waals surface area contributed by atoms with E-state index < -0.39 is 12.7 Å². The number of nitriles is 1. The zero-order valence-electron chi connectivity index (χ0n) is 23.7. The quantitative estimate of drug-likeness (QED) is 0.421. The molecular weight excluding hydrogens is 582 g/mol. The normalized spacial score (nSPS) is 18.5. The summed E-state index contributed by atoms with van der Waals surface area (Å²) in [5.74, 6) is -0.822. The summed E-state index contributed by atoms with van der Waals surface area (Å²) in [4.78, 5) is 42.8. The third kappa shape index (κ3) is 5.90. The first-order valence-corrected chi connectivity index (χ1v) is 14.1. The van der Waals surface area contributed by atoms with Crippen LogP contribution in [0.4, 0.5) is 8.78 Å². The Morgan fingerprint density at radius 2 is 1.95 bits per heavy atom. The molecule has 0 radical (unpaired) electrons. The lowest BCUT2D eigenvalue weighted by Gasteiger charge is -2.38. The van der Waals surface area contributed by atoms with Gasteiger partial charge in [-0.15, -0.1) is 0 Å². The molecule has 2 aliphatic heterocycles. The van der Waals surface area contributed by atoms with E-state index in [1.807, 2.05) is 19.9 Å². The van der Waals surface area contributed by atoms with Gasteiger partial charge in [0.2, 0.25) is 5.91 Å². The predicted octanol–water partition coefficient (Wildman–Crippen LogP) is 4.49. The average Bonchev–Trinajstić information content (AvgIpc) is 3.34. The molecule has 0 aliphatic carbocycles. The summed E-state index contributed by atoms with van der Waals surface area (Å²) in [5, 5.41) is 17.2. The molecule has 0 spiro atoms. The Bertz CT molecular complexity index is 1620. The summed E-state index contributed by atoms with van der Waals surface area (Å²) in [7, 11) is 0. The van der Waals surface area contributed by atoms with E-state index in [1.165, 1.54) is 31.2 Å². The maximum absolute atomic E-state index is 14.1. The zero-order chi connectivity index (χ0) is 31.0. The van der Waals surface area contributed by atoms with Gasteiger partial charge in [-0.2, -0.15) is 19.1 Å². The number of carbonyl (C=O) groups excluding carboxylic acids is 3. The van der Waals surface area contributed by atoms with E-state index in [1.54, 1.807) is 32.7 Å². The molecule has 3 atom stereocenters. The Morgan fingerprint density at radius 3 is 2.60 bits per heavy atom. The van der Waals surface area contributed by atoms with Gasteiger partial charge in [-0.05, 0) is 49.7 Å². The first kappa shape index (κ1) is 30.0. The van der Waals surface area contributed by atoms with Crippen LogP contribution in [0.15, 0.2) is 42.5 Å². The summed E-state index contributed by atoms with van der Waals surface area (Å²) < 4.78 is 31.4. The molecule has 3 aromatic rings. The van der Waals surface area contributed by atoms with Crippen LogP contribution in [-0.4, -0.2) is 63.0 Å². The van der Waals surface area contributed by atoms with E-state index in [4.69, 9.17) is 16.7 Å². The first-order valence-electron chi connectivity index (χ1n) is 13.7. The summed E-state index contributed by atoms with van der Waals surface area (Å²) in [6, 6.07) is 11.5. The standard InChI is InChI=1S/C30H29ClF2N6O4/c1-16-10-26-24(15-37(16)28(41)20-6-9-25(31)21(11-20)12-34)27-29(42)38(14-22(39(27)36-26)13-35-18(3)40)17(2)19-4-7-23(8-5-19)43-30(32)33/h4-9,11,16-17,22,30H,10,13-15H2,1-3H3,(H,35,40)/t16-,17?,22?/m1/s1. The summed E-state index contributed by atoms with van der Waals surface area (Å²) in [5.41, 5.74) is 2.86. The van der Waals surface area contributed by atoms with Gasteiger partial charge >= 0.3 is 6.61 Å². The van der Waals surface area contributed by atoms with Crippen LogP contribution in [0.1, 0.15) is 76.1 Å². The van der Waals surface area contributed by atoms with Crippen LogP contribution < -0.4 is 10.1 Å². The fraction of sp³-hybridized carbons (Fsp3) is 0.367. The van der Waals surface area contributed by atoms with Crippen molar-refractivity contribution < 1.29 is 27.9 Å². The van der Waals surface area contributed by atoms with Crippen molar-refractivity contribution >= 4 is 29.3 Å². The summed E-state index contributed by atoms with van der Waals surface area (Å²) >= 11 is 6.07. The second-order valence-electron chi connectivity index (χ2n) is 10.7. The number of nitrogens with one attached hydrogen (secondary N) is 1. The second-order valence-corrected chi connectivity index (χ2v) is 11.1. The van der Waals surface area contributed by atoms with E-state index in [-0.39, 0.29) is 65.8 Å². The highest BCUT2D eigenvalue weighted by Crippen LogP contribution is 2.36. The molecule has 224 valence electrons. The van der Waals surface area contributed by atoms with Gasteiger partial charge in [-0.25, -0.2) is 0 Å². The number of hydrogen-bond donors (Lipinski definition) is 1. The number of fused-ring (bicyclic) bond motifs is 3. The van der Waals surface area contributed by atoms with Crippen molar-refractivity contribution in [2.75, 3.05) is 13.1 Å². The number of rotatable bonds is 7. The van der Waals surface area contributed by atoms with Crippen molar-refractivity contribution in [1.82, 2.24) is 24.9 Å². The maximum Gasteiger partial charge on any atom is 0.387 e. The number of hydrogen-bond acceptors (Lipinski definition) is 6. The molecule has 3 amide bonds. The number of carbonyl (C=O) groups is 3. The van der Waals surface area contributed by atoms with Gasteiger partial charge in [-0.1, -0.05) is 23.7 Å². The van der Waals surface area contributed by atoms with Gasteiger partial charge in [0.05, 0.1) is 34.9 Å². The molecule has 13 heteroatoms. The molecule has 2 aromatic carbocycles. The highest BCUT2D eigenvalue weighted by Gasteiger charge is 2.41. The van der Waals surface area contributed by atoms with Gasteiger partial charge in [0, 0.05) is 43.6 Å². The van der Waals surface area contributed by atoms with Crippen LogP contribution in [0.25, 0.3) is 0 Å². The number of aromatic nitrogens is 2. The van der Waals surface area contributed by atoms with E-state index in [2.05, 4.69) is 10.1 Å². The van der Waals surface area contributed by atoms with Gasteiger partial charge < -0.3 is 19.9 Å². The lowest BCUT2D eigenvalue weighted by Crippen LogP contribution is -2.48. The van der Waals surface area contributed by atoms with Gasteiger partial charge in [0.25, 0.3) is 11.8 Å². The molecular formula is C30H29ClF2N6O4. The van der Waals surface area contributed by atoms with Crippen LogP contribution in [0.2, 0.25) is 5.02 Å². The van der Waals surface area contributed by atoms with Crippen LogP contribution in [0.3, 0.4) is 0 Å². The fourth-order valence-electron chi connectivity index (χ4n) is 5.61. The summed E-state index contributed by atoms with van der Waals surface area (Å²) in [6.07, 6.45) is 0.404. The van der Waals surface area contributed by atoms with Crippen LogP contribution in [0, 0.1) is 11.3 Å². The van der Waals surface area contributed by atoms with Crippen LogP contribution in [-0.2, 0) is 17.8 Å². The van der Waals surface area contributed by atoms with Gasteiger partial charge in [0.15, 0.2) is 0 Å². The minimum absolute atomic E-state index is 0.00746. The molecule has 0 saturated heterocycles. The maximum atomic E-state index is 14.1. The largest absolute Gasteiger partial charge is 0.435 e. The Morgan fingerprint density at radius 1 is 1.23 bits per heavy atom. The molecule has 2 aliphatic rings. The Balaban J connectivity index is 1.49. The van der Waals surface area contributed by atoms with Gasteiger partial charge in [0.1, 0.15) is 17.5 Å². The molecule has 43 heavy (non-hydrogen) atoms. The Hall–Kier alpha value is -4.50. The first-order chi connectivity index (χ1) is 20.5. The number of nitrogens with zero attached hydrogens (tertiary/aromatic N) is 5. The smallest absolute Gasteiger partial charge is 0.387 e. The van der Waals surface area contributed by atoms with Crippen molar-refractivity contribution in [2.45, 2.75) is 58.5 Å². The topological polar surface area (TPSA) is 121 Å². The molecule has 1 N–H and O–H groups in total. The van der Waals surface area contributed by atoms with Crippen LogP contribution in [0.5, 0.6) is 5.75 Å². The van der Waals surface area contributed by atoms with Crippen molar-refractivity contribution in [2.24, 2.45) is 0 Å².